The van der Waals surface area contributed by atoms with Gasteiger partial charge < -0.3 is 4.74 Å². The van der Waals surface area contributed by atoms with Crippen molar-refractivity contribution in [3.63, 3.8) is 0 Å². The summed E-state index contributed by atoms with van der Waals surface area (Å²) in [5.41, 5.74) is 0.516. The lowest BCUT2D eigenvalue weighted by molar-refractivity contribution is -0.00790. The SMILES string of the molecule is CC(=O)c1cnn(CCOC(C)(C)C)c1. The van der Waals surface area contributed by atoms with Gasteiger partial charge in [0.25, 0.3) is 0 Å². The summed E-state index contributed by atoms with van der Waals surface area (Å²) >= 11 is 0. The highest BCUT2D eigenvalue weighted by Crippen LogP contribution is 2.06. The van der Waals surface area contributed by atoms with Crippen LogP contribution < -0.4 is 0 Å². The molecule has 0 aromatic carbocycles. The average molecular weight is 210 g/mol. The van der Waals surface area contributed by atoms with E-state index >= 15 is 0 Å². The lowest BCUT2D eigenvalue weighted by atomic mass is 10.2. The number of aromatic nitrogens is 2. The number of hydrogen-bond donors (Lipinski definition) is 0. The molecule has 0 aliphatic heterocycles. The van der Waals surface area contributed by atoms with Crippen LogP contribution in [0.4, 0.5) is 0 Å². The van der Waals surface area contributed by atoms with Gasteiger partial charge in [0.2, 0.25) is 0 Å². The van der Waals surface area contributed by atoms with Crippen molar-refractivity contribution in [1.29, 1.82) is 0 Å². The van der Waals surface area contributed by atoms with Crippen LogP contribution in [-0.2, 0) is 11.3 Å². The zero-order valence-electron chi connectivity index (χ0n) is 9.78. The molecule has 1 heterocycles. The van der Waals surface area contributed by atoms with Gasteiger partial charge in [-0.15, -0.1) is 0 Å². The topological polar surface area (TPSA) is 44.1 Å². The van der Waals surface area contributed by atoms with Crippen LogP contribution in [0.3, 0.4) is 0 Å². The molecule has 0 saturated carbocycles. The predicted octanol–water partition coefficient (Wildman–Crippen LogP) is 1.90. The Bertz CT molecular complexity index is 337. The predicted molar refractivity (Wildman–Crippen MR) is 57.9 cm³/mol. The summed E-state index contributed by atoms with van der Waals surface area (Å²) in [4.78, 5) is 11.0. The number of ketones is 1. The van der Waals surface area contributed by atoms with Crippen LogP contribution in [0.1, 0.15) is 38.1 Å². The van der Waals surface area contributed by atoms with Crippen molar-refractivity contribution < 1.29 is 9.53 Å². The van der Waals surface area contributed by atoms with Crippen LogP contribution in [0.25, 0.3) is 0 Å². The van der Waals surface area contributed by atoms with Gasteiger partial charge in [0.1, 0.15) is 0 Å². The van der Waals surface area contributed by atoms with Crippen LogP contribution in [-0.4, -0.2) is 27.8 Å². The fourth-order valence-electron chi connectivity index (χ4n) is 1.11. The van der Waals surface area contributed by atoms with Crippen molar-refractivity contribution in [1.82, 2.24) is 9.78 Å². The summed E-state index contributed by atoms with van der Waals surface area (Å²) in [6, 6.07) is 0. The highest BCUT2D eigenvalue weighted by atomic mass is 16.5. The lowest BCUT2D eigenvalue weighted by Gasteiger charge is -2.19. The molecule has 0 fully saturated rings. The van der Waals surface area contributed by atoms with E-state index in [9.17, 15) is 4.79 Å². The number of hydrogen-bond acceptors (Lipinski definition) is 3. The zero-order valence-corrected chi connectivity index (χ0v) is 9.78. The van der Waals surface area contributed by atoms with Crippen molar-refractivity contribution in [2.75, 3.05) is 6.61 Å². The molecule has 0 unspecified atom stereocenters. The zero-order chi connectivity index (χ0) is 11.5. The molecule has 1 aromatic rings. The van der Waals surface area contributed by atoms with Gasteiger partial charge >= 0.3 is 0 Å². The number of carbonyl (C=O) groups is 1. The molecule has 0 amide bonds. The van der Waals surface area contributed by atoms with Gasteiger partial charge in [-0.1, -0.05) is 0 Å². The van der Waals surface area contributed by atoms with Gasteiger partial charge in [-0.05, 0) is 27.7 Å². The molecule has 0 saturated heterocycles. The lowest BCUT2D eigenvalue weighted by Crippen LogP contribution is -2.22. The Morgan fingerprint density at radius 2 is 2.20 bits per heavy atom. The van der Waals surface area contributed by atoms with E-state index in [0.29, 0.717) is 18.7 Å². The molecule has 1 rings (SSSR count). The summed E-state index contributed by atoms with van der Waals surface area (Å²) < 4.78 is 7.28. The Morgan fingerprint density at radius 1 is 1.53 bits per heavy atom. The third kappa shape index (κ3) is 4.25. The largest absolute Gasteiger partial charge is 0.374 e. The van der Waals surface area contributed by atoms with Gasteiger partial charge in [0, 0.05) is 6.20 Å². The van der Waals surface area contributed by atoms with E-state index < -0.39 is 0 Å². The summed E-state index contributed by atoms with van der Waals surface area (Å²) in [5.74, 6) is 0.0398. The summed E-state index contributed by atoms with van der Waals surface area (Å²) in [5, 5.41) is 4.07. The average Bonchev–Trinajstić information content (AvgIpc) is 2.50. The van der Waals surface area contributed by atoms with Crippen molar-refractivity contribution in [2.45, 2.75) is 39.8 Å². The van der Waals surface area contributed by atoms with Crippen LogP contribution in [0.15, 0.2) is 12.4 Å². The standard InChI is InChI=1S/C11H18N2O2/c1-9(14)10-7-12-13(8-10)5-6-15-11(2,3)4/h7-8H,5-6H2,1-4H3. The second kappa shape index (κ2) is 4.57. The molecule has 0 spiro atoms. The van der Waals surface area contributed by atoms with Gasteiger partial charge in [0.05, 0.1) is 30.5 Å². The summed E-state index contributed by atoms with van der Waals surface area (Å²) in [6.45, 7) is 8.84. The minimum atomic E-state index is -0.128. The quantitative estimate of drug-likeness (QED) is 0.713. The normalized spacial score (nSPS) is 11.7. The number of nitrogens with zero attached hydrogens (tertiary/aromatic N) is 2. The molecular weight excluding hydrogens is 192 g/mol. The van der Waals surface area contributed by atoms with Crippen LogP contribution in [0.2, 0.25) is 0 Å². The Kier molecular flexibility index (Phi) is 3.63. The van der Waals surface area contributed by atoms with Crippen LogP contribution >= 0.6 is 0 Å². The monoisotopic (exact) mass is 210 g/mol. The minimum Gasteiger partial charge on any atom is -0.374 e. The van der Waals surface area contributed by atoms with E-state index in [2.05, 4.69) is 5.10 Å². The molecule has 84 valence electrons. The van der Waals surface area contributed by atoms with Crippen molar-refractivity contribution >= 4 is 5.78 Å². The Balaban J connectivity index is 2.41. The molecule has 0 radical (unpaired) electrons. The maximum Gasteiger partial charge on any atom is 0.162 e. The van der Waals surface area contributed by atoms with E-state index in [1.165, 1.54) is 6.92 Å². The first-order valence-corrected chi connectivity index (χ1v) is 5.06. The number of rotatable bonds is 4. The second-order valence-electron chi connectivity index (χ2n) is 4.51. The number of carbonyl (C=O) groups excluding carboxylic acids is 1. The smallest absolute Gasteiger partial charge is 0.162 e. The first-order valence-electron chi connectivity index (χ1n) is 5.06. The first kappa shape index (κ1) is 11.9. The van der Waals surface area contributed by atoms with Gasteiger partial charge in [-0.2, -0.15) is 5.10 Å². The highest BCUT2D eigenvalue weighted by Gasteiger charge is 2.09. The molecule has 4 nitrogen and oxygen atoms in total. The number of Topliss-reactive ketones (excluding diaryl/α,β-unsaturated/α-hetero) is 1. The molecule has 0 N–H and O–H groups in total. The maximum atomic E-state index is 11.0. The van der Waals surface area contributed by atoms with Crippen molar-refractivity contribution in [2.24, 2.45) is 0 Å². The van der Waals surface area contributed by atoms with Gasteiger partial charge in [-0.3, -0.25) is 9.48 Å². The third-order valence-corrected chi connectivity index (χ3v) is 1.90. The van der Waals surface area contributed by atoms with E-state index in [1.807, 2.05) is 20.8 Å². The van der Waals surface area contributed by atoms with Crippen LogP contribution in [0.5, 0.6) is 0 Å². The molecule has 4 heteroatoms. The molecule has 0 atom stereocenters. The second-order valence-corrected chi connectivity index (χ2v) is 4.51. The Labute approximate surface area is 90.2 Å². The van der Waals surface area contributed by atoms with E-state index in [4.69, 9.17) is 4.74 Å². The minimum absolute atomic E-state index is 0.0398. The third-order valence-electron chi connectivity index (χ3n) is 1.90. The molecule has 0 aliphatic rings. The molecular formula is C11H18N2O2. The summed E-state index contributed by atoms with van der Waals surface area (Å²) in [6.07, 6.45) is 3.33. The van der Waals surface area contributed by atoms with E-state index in [1.54, 1.807) is 17.1 Å². The molecule has 0 bridgehead atoms. The fraction of sp³-hybridized carbons (Fsp3) is 0.636. The number of ether oxygens (including phenoxy) is 1. The maximum absolute atomic E-state index is 11.0. The Morgan fingerprint density at radius 3 is 2.67 bits per heavy atom. The Hall–Kier alpha value is -1.16. The van der Waals surface area contributed by atoms with Crippen molar-refractivity contribution in [3.8, 4) is 0 Å². The van der Waals surface area contributed by atoms with Crippen LogP contribution in [0, 0.1) is 0 Å². The highest BCUT2D eigenvalue weighted by molar-refractivity contribution is 5.93. The molecule has 15 heavy (non-hydrogen) atoms. The van der Waals surface area contributed by atoms with Gasteiger partial charge in [-0.25, -0.2) is 0 Å². The molecule has 0 aliphatic carbocycles. The van der Waals surface area contributed by atoms with E-state index in [0.717, 1.165) is 0 Å². The van der Waals surface area contributed by atoms with Gasteiger partial charge in [0.15, 0.2) is 5.78 Å². The first-order chi connectivity index (χ1) is 6.88. The van der Waals surface area contributed by atoms with E-state index in [-0.39, 0.29) is 11.4 Å². The fourth-order valence-corrected chi connectivity index (χ4v) is 1.11. The summed E-state index contributed by atoms with van der Waals surface area (Å²) in [7, 11) is 0. The molecule has 1 aromatic heterocycles. The van der Waals surface area contributed by atoms with Crippen molar-refractivity contribution in [3.05, 3.63) is 18.0 Å².